The summed E-state index contributed by atoms with van der Waals surface area (Å²) in [4.78, 5) is 15.8. The average molecular weight is 279 g/mol. The minimum Gasteiger partial charge on any atom is -0.478 e. The second-order valence-electron chi connectivity index (χ2n) is 5.56. The SMILES string of the molecule is CC(C)(C)Cn1nnc(-c2ncc(C(=O)O)cc2F)n1. The van der Waals surface area contributed by atoms with Crippen LogP contribution in [0, 0.1) is 11.2 Å². The van der Waals surface area contributed by atoms with Crippen molar-refractivity contribution in [2.75, 3.05) is 0 Å². The molecule has 2 aromatic rings. The molecule has 2 aromatic heterocycles. The first-order valence-corrected chi connectivity index (χ1v) is 5.93. The maximum Gasteiger partial charge on any atom is 0.337 e. The van der Waals surface area contributed by atoms with Gasteiger partial charge in [0.05, 0.1) is 12.1 Å². The maximum absolute atomic E-state index is 13.8. The van der Waals surface area contributed by atoms with Crippen LogP contribution >= 0.6 is 0 Å². The van der Waals surface area contributed by atoms with Gasteiger partial charge in [0, 0.05) is 6.20 Å². The molecule has 0 bridgehead atoms. The fourth-order valence-electron chi connectivity index (χ4n) is 1.55. The van der Waals surface area contributed by atoms with Crippen LogP contribution in [0.25, 0.3) is 11.5 Å². The van der Waals surface area contributed by atoms with Crippen molar-refractivity contribution < 1.29 is 14.3 Å². The third-order valence-electron chi connectivity index (χ3n) is 2.37. The third kappa shape index (κ3) is 3.14. The zero-order valence-corrected chi connectivity index (χ0v) is 11.3. The van der Waals surface area contributed by atoms with Crippen LogP contribution in [0.4, 0.5) is 4.39 Å². The number of halogens is 1. The van der Waals surface area contributed by atoms with E-state index in [1.165, 1.54) is 4.80 Å². The number of aromatic carboxylic acids is 1. The van der Waals surface area contributed by atoms with Crippen LogP contribution in [0.15, 0.2) is 12.3 Å². The second kappa shape index (κ2) is 4.95. The highest BCUT2D eigenvalue weighted by Crippen LogP contribution is 2.18. The summed E-state index contributed by atoms with van der Waals surface area (Å²) in [6.45, 7) is 6.55. The zero-order chi connectivity index (χ0) is 14.9. The highest BCUT2D eigenvalue weighted by Gasteiger charge is 2.18. The van der Waals surface area contributed by atoms with E-state index in [0.717, 1.165) is 12.3 Å². The van der Waals surface area contributed by atoms with Gasteiger partial charge in [-0.15, -0.1) is 10.2 Å². The van der Waals surface area contributed by atoms with E-state index in [2.05, 4.69) is 20.4 Å². The molecule has 0 amide bonds. The van der Waals surface area contributed by atoms with Gasteiger partial charge >= 0.3 is 5.97 Å². The van der Waals surface area contributed by atoms with E-state index in [4.69, 9.17) is 5.11 Å². The van der Waals surface area contributed by atoms with Crippen LogP contribution in [-0.2, 0) is 6.54 Å². The molecule has 0 aliphatic rings. The summed E-state index contributed by atoms with van der Waals surface area (Å²) in [6, 6.07) is 0.884. The first-order valence-electron chi connectivity index (χ1n) is 5.93. The van der Waals surface area contributed by atoms with Gasteiger partial charge in [0.2, 0.25) is 5.82 Å². The molecule has 0 aromatic carbocycles. The van der Waals surface area contributed by atoms with Gasteiger partial charge in [-0.05, 0) is 16.7 Å². The quantitative estimate of drug-likeness (QED) is 0.917. The van der Waals surface area contributed by atoms with Crippen molar-refractivity contribution in [3.8, 4) is 11.5 Å². The minimum absolute atomic E-state index is 0.0312. The van der Waals surface area contributed by atoms with E-state index in [1.54, 1.807) is 0 Å². The van der Waals surface area contributed by atoms with Gasteiger partial charge in [0.15, 0.2) is 5.82 Å². The lowest BCUT2D eigenvalue weighted by Gasteiger charge is -2.15. The zero-order valence-electron chi connectivity index (χ0n) is 11.3. The molecule has 0 saturated carbocycles. The fraction of sp³-hybridized carbons (Fsp3) is 0.417. The Kier molecular flexibility index (Phi) is 3.47. The highest BCUT2D eigenvalue weighted by molar-refractivity contribution is 5.87. The molecule has 0 saturated heterocycles. The van der Waals surface area contributed by atoms with E-state index in [0.29, 0.717) is 6.54 Å². The summed E-state index contributed by atoms with van der Waals surface area (Å²) in [6.07, 6.45) is 1.06. The Bertz CT molecular complexity index is 648. The topological polar surface area (TPSA) is 93.8 Å². The van der Waals surface area contributed by atoms with Gasteiger partial charge < -0.3 is 5.11 Å². The van der Waals surface area contributed by atoms with Gasteiger partial charge in [-0.3, -0.25) is 0 Å². The van der Waals surface area contributed by atoms with Crippen molar-refractivity contribution in [1.82, 2.24) is 25.2 Å². The van der Waals surface area contributed by atoms with Gasteiger partial charge in [-0.1, -0.05) is 20.8 Å². The Morgan fingerprint density at radius 2 is 2.15 bits per heavy atom. The summed E-state index contributed by atoms with van der Waals surface area (Å²) < 4.78 is 13.8. The number of rotatable bonds is 3. The Labute approximate surface area is 114 Å². The molecule has 0 fully saturated rings. The van der Waals surface area contributed by atoms with Crippen molar-refractivity contribution in [3.63, 3.8) is 0 Å². The standard InChI is InChI=1S/C12H14FN5O2/c1-12(2,3)6-18-16-10(15-17-18)9-8(13)4-7(5-14-9)11(19)20/h4-5H,6H2,1-3H3,(H,19,20). The molecular weight excluding hydrogens is 265 g/mol. The molecular formula is C12H14FN5O2. The van der Waals surface area contributed by atoms with E-state index in [9.17, 15) is 9.18 Å². The monoisotopic (exact) mass is 279 g/mol. The molecule has 0 spiro atoms. The van der Waals surface area contributed by atoms with Crippen LogP contribution in [-0.4, -0.2) is 36.3 Å². The van der Waals surface area contributed by atoms with E-state index >= 15 is 0 Å². The molecule has 7 nitrogen and oxygen atoms in total. The summed E-state index contributed by atoms with van der Waals surface area (Å²) >= 11 is 0. The Morgan fingerprint density at radius 1 is 1.45 bits per heavy atom. The molecule has 2 rings (SSSR count). The normalized spacial score (nSPS) is 11.6. The largest absolute Gasteiger partial charge is 0.478 e. The van der Waals surface area contributed by atoms with E-state index in [-0.39, 0.29) is 22.5 Å². The highest BCUT2D eigenvalue weighted by atomic mass is 19.1. The fourth-order valence-corrected chi connectivity index (χ4v) is 1.55. The molecule has 8 heteroatoms. The summed E-state index contributed by atoms with van der Waals surface area (Å²) in [5.41, 5.74) is -0.389. The van der Waals surface area contributed by atoms with Gasteiger partial charge in [-0.25, -0.2) is 14.2 Å². The Morgan fingerprint density at radius 3 is 2.70 bits per heavy atom. The van der Waals surface area contributed by atoms with Gasteiger partial charge in [0.1, 0.15) is 5.69 Å². The molecule has 0 atom stereocenters. The third-order valence-corrected chi connectivity index (χ3v) is 2.37. The van der Waals surface area contributed by atoms with E-state index < -0.39 is 11.8 Å². The molecule has 0 aliphatic heterocycles. The molecule has 0 unspecified atom stereocenters. The van der Waals surface area contributed by atoms with Crippen molar-refractivity contribution >= 4 is 5.97 Å². The molecule has 2 heterocycles. The lowest BCUT2D eigenvalue weighted by molar-refractivity contribution is 0.0696. The predicted octanol–water partition coefficient (Wildman–Crippen LogP) is 1.62. The Hall–Kier alpha value is -2.38. The van der Waals surface area contributed by atoms with Crippen LogP contribution in [0.1, 0.15) is 31.1 Å². The first-order chi connectivity index (χ1) is 9.26. The van der Waals surface area contributed by atoms with Gasteiger partial charge in [-0.2, -0.15) is 4.80 Å². The average Bonchev–Trinajstić information content (AvgIpc) is 2.74. The minimum atomic E-state index is -1.24. The number of carboxylic acid groups (broad SMARTS) is 1. The lowest BCUT2D eigenvalue weighted by atomic mass is 9.97. The number of carbonyl (C=O) groups is 1. The molecule has 0 aliphatic carbocycles. The predicted molar refractivity (Wildman–Crippen MR) is 67.4 cm³/mol. The van der Waals surface area contributed by atoms with Crippen LogP contribution in [0.5, 0.6) is 0 Å². The summed E-state index contributed by atoms with van der Waals surface area (Å²) in [5, 5.41) is 20.4. The van der Waals surface area contributed by atoms with Crippen molar-refractivity contribution in [2.24, 2.45) is 5.41 Å². The summed E-state index contributed by atoms with van der Waals surface area (Å²) in [7, 11) is 0. The second-order valence-corrected chi connectivity index (χ2v) is 5.56. The number of nitrogens with zero attached hydrogens (tertiary/aromatic N) is 5. The number of hydrogen-bond donors (Lipinski definition) is 1. The molecule has 20 heavy (non-hydrogen) atoms. The lowest BCUT2D eigenvalue weighted by Crippen LogP contribution is -2.17. The number of aromatic nitrogens is 5. The van der Waals surface area contributed by atoms with Crippen LogP contribution < -0.4 is 0 Å². The molecule has 0 radical (unpaired) electrons. The van der Waals surface area contributed by atoms with Crippen LogP contribution in [0.2, 0.25) is 0 Å². The number of carboxylic acids is 1. The van der Waals surface area contributed by atoms with Crippen molar-refractivity contribution in [1.29, 1.82) is 0 Å². The molecule has 106 valence electrons. The van der Waals surface area contributed by atoms with Crippen molar-refractivity contribution in [3.05, 3.63) is 23.6 Å². The summed E-state index contributed by atoms with van der Waals surface area (Å²) in [5.74, 6) is -2.00. The Balaban J connectivity index is 2.31. The number of tetrazole rings is 1. The smallest absolute Gasteiger partial charge is 0.337 e. The van der Waals surface area contributed by atoms with Crippen molar-refractivity contribution in [2.45, 2.75) is 27.3 Å². The van der Waals surface area contributed by atoms with Gasteiger partial charge in [0.25, 0.3) is 0 Å². The molecule has 1 N–H and O–H groups in total. The van der Waals surface area contributed by atoms with Crippen LogP contribution in [0.3, 0.4) is 0 Å². The maximum atomic E-state index is 13.8. The number of pyridine rings is 1. The van der Waals surface area contributed by atoms with E-state index in [1.807, 2.05) is 20.8 Å². The first kappa shape index (κ1) is 14.0. The number of hydrogen-bond acceptors (Lipinski definition) is 5.